The number of aromatic hydroxyl groups is 1. The molecule has 2 heterocycles. The molecule has 19 heavy (non-hydrogen) atoms. The van der Waals surface area contributed by atoms with Gasteiger partial charge in [-0.25, -0.2) is 4.98 Å². The van der Waals surface area contributed by atoms with Crippen LogP contribution < -0.4 is 5.56 Å². The van der Waals surface area contributed by atoms with Crippen molar-refractivity contribution >= 4 is 11.3 Å². The molecule has 0 amide bonds. The molecule has 0 aliphatic rings. The van der Waals surface area contributed by atoms with Gasteiger partial charge in [0.25, 0.3) is 5.56 Å². The van der Waals surface area contributed by atoms with Gasteiger partial charge in [-0.1, -0.05) is 30.3 Å². The minimum atomic E-state index is -0.387. The van der Waals surface area contributed by atoms with Crippen molar-refractivity contribution in [2.75, 3.05) is 0 Å². The largest absolute Gasteiger partial charge is 0.493 e. The van der Waals surface area contributed by atoms with E-state index in [1.54, 1.807) is 35.2 Å². The van der Waals surface area contributed by atoms with E-state index in [1.807, 2.05) is 6.07 Å². The highest BCUT2D eigenvalue weighted by molar-refractivity contribution is 7.07. The van der Waals surface area contributed by atoms with E-state index in [1.165, 1.54) is 11.3 Å². The van der Waals surface area contributed by atoms with Crippen molar-refractivity contribution in [1.29, 1.82) is 0 Å². The molecule has 0 saturated heterocycles. The molecule has 94 valence electrons. The Labute approximate surface area is 112 Å². The number of H-pyrrole nitrogens is 1. The zero-order chi connectivity index (χ0) is 13.2. The first-order chi connectivity index (χ1) is 9.25. The van der Waals surface area contributed by atoms with Crippen LogP contribution in [0.5, 0.6) is 5.88 Å². The molecule has 6 heteroatoms. The zero-order valence-corrected chi connectivity index (χ0v) is 10.5. The fourth-order valence-corrected chi connectivity index (χ4v) is 2.31. The average Bonchev–Trinajstić information content (AvgIpc) is 2.93. The molecule has 2 N–H and O–H groups in total. The number of rotatable bonds is 2. The van der Waals surface area contributed by atoms with Crippen LogP contribution in [0.15, 0.2) is 46.0 Å². The summed E-state index contributed by atoms with van der Waals surface area (Å²) in [5, 5.41) is 11.7. The second-order valence-electron chi connectivity index (χ2n) is 3.85. The summed E-state index contributed by atoms with van der Waals surface area (Å²) in [4.78, 5) is 22.8. The second kappa shape index (κ2) is 4.66. The third kappa shape index (κ3) is 2.13. The number of hydrogen-bond donors (Lipinski definition) is 2. The Morgan fingerprint density at radius 2 is 2.00 bits per heavy atom. The molecule has 0 bridgehead atoms. The predicted molar refractivity (Wildman–Crippen MR) is 73.1 cm³/mol. The van der Waals surface area contributed by atoms with Crippen molar-refractivity contribution in [3.8, 4) is 28.5 Å². The highest BCUT2D eigenvalue weighted by Gasteiger charge is 2.14. The van der Waals surface area contributed by atoms with Crippen LogP contribution in [0.1, 0.15) is 0 Å². The molecule has 0 aliphatic carbocycles. The Balaban J connectivity index is 2.17. The monoisotopic (exact) mass is 271 g/mol. The van der Waals surface area contributed by atoms with Crippen molar-refractivity contribution in [3.05, 3.63) is 51.6 Å². The first kappa shape index (κ1) is 11.6. The summed E-state index contributed by atoms with van der Waals surface area (Å²) in [5.41, 5.74) is 2.58. The van der Waals surface area contributed by atoms with E-state index in [0.29, 0.717) is 11.3 Å². The first-order valence-corrected chi connectivity index (χ1v) is 6.47. The van der Waals surface area contributed by atoms with Gasteiger partial charge in [0.15, 0.2) is 5.82 Å². The third-order valence-electron chi connectivity index (χ3n) is 2.64. The van der Waals surface area contributed by atoms with Gasteiger partial charge in [-0.3, -0.25) is 4.79 Å². The molecule has 0 saturated carbocycles. The molecule has 0 aliphatic heterocycles. The van der Waals surface area contributed by atoms with E-state index in [2.05, 4.69) is 15.0 Å². The Morgan fingerprint density at radius 1 is 1.21 bits per heavy atom. The maximum Gasteiger partial charge on any atom is 0.262 e. The molecule has 1 aromatic carbocycles. The van der Waals surface area contributed by atoms with E-state index in [0.717, 1.165) is 0 Å². The summed E-state index contributed by atoms with van der Waals surface area (Å²) in [6.07, 6.45) is 0. The van der Waals surface area contributed by atoms with Gasteiger partial charge in [0.05, 0.1) is 5.51 Å². The normalized spacial score (nSPS) is 10.5. The number of aromatic nitrogens is 3. The summed E-state index contributed by atoms with van der Waals surface area (Å²) in [5.74, 6) is -0.0265. The van der Waals surface area contributed by atoms with Crippen LogP contribution in [0.25, 0.3) is 22.6 Å². The van der Waals surface area contributed by atoms with Crippen LogP contribution in [0.3, 0.4) is 0 Å². The minimum absolute atomic E-state index is 0.166. The first-order valence-electron chi connectivity index (χ1n) is 5.53. The summed E-state index contributed by atoms with van der Waals surface area (Å²) in [7, 11) is 0. The lowest BCUT2D eigenvalue weighted by molar-refractivity contribution is 0.454. The summed E-state index contributed by atoms with van der Waals surface area (Å²) in [6.45, 7) is 0. The number of benzene rings is 1. The van der Waals surface area contributed by atoms with Crippen molar-refractivity contribution in [2.45, 2.75) is 0 Å². The van der Waals surface area contributed by atoms with Gasteiger partial charge in [0.2, 0.25) is 5.88 Å². The molecular weight excluding hydrogens is 262 g/mol. The van der Waals surface area contributed by atoms with Crippen LogP contribution in [0, 0.1) is 0 Å². The number of thiazole rings is 1. The summed E-state index contributed by atoms with van der Waals surface area (Å²) >= 11 is 1.39. The molecule has 0 unspecified atom stereocenters. The zero-order valence-electron chi connectivity index (χ0n) is 9.70. The van der Waals surface area contributed by atoms with E-state index in [4.69, 9.17) is 0 Å². The smallest absolute Gasteiger partial charge is 0.262 e. The van der Waals surface area contributed by atoms with Crippen LogP contribution >= 0.6 is 11.3 Å². The van der Waals surface area contributed by atoms with Crippen molar-refractivity contribution < 1.29 is 5.11 Å². The van der Waals surface area contributed by atoms with Gasteiger partial charge in [0.1, 0.15) is 11.3 Å². The Bertz CT molecular complexity index is 751. The quantitative estimate of drug-likeness (QED) is 0.749. The topological polar surface area (TPSA) is 78.9 Å². The van der Waals surface area contributed by atoms with Gasteiger partial charge in [-0.15, -0.1) is 11.3 Å². The van der Waals surface area contributed by atoms with E-state index < -0.39 is 0 Å². The average molecular weight is 271 g/mol. The van der Waals surface area contributed by atoms with Crippen molar-refractivity contribution in [2.24, 2.45) is 0 Å². The fourth-order valence-electron chi connectivity index (χ4n) is 1.78. The number of nitrogens with one attached hydrogen (secondary N) is 1. The Kier molecular flexibility index (Phi) is 2.85. The second-order valence-corrected chi connectivity index (χ2v) is 4.57. The van der Waals surface area contributed by atoms with Crippen molar-refractivity contribution in [3.63, 3.8) is 0 Å². The molecule has 0 atom stereocenters. The van der Waals surface area contributed by atoms with Crippen LogP contribution in [0.4, 0.5) is 0 Å². The van der Waals surface area contributed by atoms with Gasteiger partial charge in [-0.2, -0.15) is 4.98 Å². The standard InChI is InChI=1S/C13H9N3O2S/c17-12-10(8-4-2-1-3-5-8)13(18)16-11(15-12)9-6-19-7-14-9/h1-7H,(H2,15,16,17,18). The molecule has 0 spiro atoms. The maximum absolute atomic E-state index is 12.1. The lowest BCUT2D eigenvalue weighted by atomic mass is 10.1. The molecule has 0 radical (unpaired) electrons. The summed E-state index contributed by atoms with van der Waals surface area (Å²) < 4.78 is 0. The maximum atomic E-state index is 12.1. The molecule has 0 fully saturated rings. The predicted octanol–water partition coefficient (Wildman–Crippen LogP) is 2.27. The van der Waals surface area contributed by atoms with E-state index in [9.17, 15) is 9.90 Å². The summed E-state index contributed by atoms with van der Waals surface area (Å²) in [6, 6.07) is 8.92. The fraction of sp³-hybridized carbons (Fsp3) is 0. The Hall–Kier alpha value is -2.47. The highest BCUT2D eigenvalue weighted by Crippen LogP contribution is 2.25. The molecule has 3 aromatic rings. The third-order valence-corrected chi connectivity index (χ3v) is 3.22. The highest BCUT2D eigenvalue weighted by atomic mass is 32.1. The van der Waals surface area contributed by atoms with Crippen LogP contribution in [-0.4, -0.2) is 20.1 Å². The van der Waals surface area contributed by atoms with Crippen molar-refractivity contribution in [1.82, 2.24) is 15.0 Å². The van der Waals surface area contributed by atoms with Gasteiger partial charge in [-0.05, 0) is 5.56 Å². The van der Waals surface area contributed by atoms with Crippen LogP contribution in [-0.2, 0) is 0 Å². The van der Waals surface area contributed by atoms with E-state index >= 15 is 0 Å². The van der Waals surface area contributed by atoms with E-state index in [-0.39, 0.29) is 22.8 Å². The lowest BCUT2D eigenvalue weighted by Crippen LogP contribution is -2.12. The van der Waals surface area contributed by atoms with Gasteiger partial charge < -0.3 is 10.1 Å². The molecule has 2 aromatic heterocycles. The Morgan fingerprint density at radius 3 is 2.63 bits per heavy atom. The van der Waals surface area contributed by atoms with Crippen LogP contribution in [0.2, 0.25) is 0 Å². The minimum Gasteiger partial charge on any atom is -0.493 e. The molecule has 5 nitrogen and oxygen atoms in total. The number of hydrogen-bond acceptors (Lipinski definition) is 5. The lowest BCUT2D eigenvalue weighted by Gasteiger charge is -2.04. The number of aromatic amines is 1. The SMILES string of the molecule is O=c1[nH]c(-c2cscn2)nc(O)c1-c1ccccc1. The van der Waals surface area contributed by atoms with Gasteiger partial charge in [0, 0.05) is 5.38 Å². The number of nitrogens with zero attached hydrogens (tertiary/aromatic N) is 2. The molecule has 3 rings (SSSR count). The van der Waals surface area contributed by atoms with Gasteiger partial charge >= 0.3 is 0 Å². The molecular formula is C13H9N3O2S.